The van der Waals surface area contributed by atoms with Crippen molar-refractivity contribution in [3.05, 3.63) is 88.8 Å². The highest BCUT2D eigenvalue weighted by Crippen LogP contribution is 2.40. The Hall–Kier alpha value is -4.54. The summed E-state index contributed by atoms with van der Waals surface area (Å²) in [4.78, 5) is 23.9. The average molecular weight is 595 g/mol. The highest BCUT2D eigenvalue weighted by atomic mass is 16.5. The second-order valence-electron chi connectivity index (χ2n) is 11.2. The van der Waals surface area contributed by atoms with Crippen LogP contribution in [0, 0.1) is 0 Å². The average Bonchev–Trinajstić information content (AvgIpc) is 3.68. The molecule has 6 rings (SSSR count). The molecule has 1 amide bonds. The molecular formula is C34H38N6O4. The van der Waals surface area contributed by atoms with E-state index in [4.69, 9.17) is 14.7 Å². The minimum absolute atomic E-state index is 0.0730. The van der Waals surface area contributed by atoms with Crippen molar-refractivity contribution in [3.63, 3.8) is 0 Å². The van der Waals surface area contributed by atoms with Gasteiger partial charge in [-0.25, -0.2) is 9.97 Å². The van der Waals surface area contributed by atoms with Crippen molar-refractivity contribution in [1.29, 1.82) is 0 Å². The van der Waals surface area contributed by atoms with Gasteiger partial charge in [-0.15, -0.1) is 0 Å². The number of amides is 1. The molecule has 228 valence electrons. The Bertz CT molecular complexity index is 1710. The topological polar surface area (TPSA) is 126 Å². The molecular weight excluding hydrogens is 556 g/mol. The molecule has 1 aromatic carbocycles. The van der Waals surface area contributed by atoms with Gasteiger partial charge < -0.3 is 25.2 Å². The number of aliphatic hydroxyl groups excluding tert-OH is 2. The number of methoxy groups -OCH3 is 1. The number of anilines is 1. The molecule has 3 aromatic heterocycles. The highest BCUT2D eigenvalue weighted by Gasteiger charge is 2.28. The van der Waals surface area contributed by atoms with Gasteiger partial charge in [-0.05, 0) is 79.1 Å². The van der Waals surface area contributed by atoms with Crippen molar-refractivity contribution in [2.75, 3.05) is 25.5 Å². The molecule has 1 aliphatic heterocycles. The number of fused-ring (bicyclic) bond motifs is 1. The van der Waals surface area contributed by atoms with E-state index in [9.17, 15) is 15.0 Å². The molecule has 10 heteroatoms. The van der Waals surface area contributed by atoms with Crippen LogP contribution in [0.15, 0.2) is 60.8 Å². The standard InChI is InChI=1S/C34H38N6O4/c1-4-27-25(22-15-17-39(18-16-22)33(43)21(2)42)12-14-30(36-27)37-29-13-11-23-7-5-8-26(32(23)29)28-9-6-10-31(38-28)40-34(44-3)24(20-41)19-35-40/h5-10,12,14-15,19,21,29,41-42H,4,11,13,16-18,20H2,1-3H3,(H,36,37)/t21-,29?/m0/s1. The van der Waals surface area contributed by atoms with Gasteiger partial charge in [0.2, 0.25) is 5.88 Å². The molecule has 4 heterocycles. The SMILES string of the molecule is CCc1nc(NC2CCc3cccc(-c4cccc(-n5ncc(CO)c5OC)n4)c32)ccc1C1=CCN(C(=O)[C@H](C)O)CC1. The minimum atomic E-state index is -0.982. The molecule has 0 radical (unpaired) electrons. The first-order valence-electron chi connectivity index (χ1n) is 15.2. The third-order valence-corrected chi connectivity index (χ3v) is 8.49. The number of hydrogen-bond acceptors (Lipinski definition) is 8. The van der Waals surface area contributed by atoms with Gasteiger partial charge in [0.15, 0.2) is 5.82 Å². The maximum Gasteiger partial charge on any atom is 0.251 e. The number of nitrogens with one attached hydrogen (secondary N) is 1. The lowest BCUT2D eigenvalue weighted by Gasteiger charge is -2.28. The quantitative estimate of drug-likeness (QED) is 0.259. The molecule has 0 spiro atoms. The number of carbonyl (C=O) groups is 1. The van der Waals surface area contributed by atoms with E-state index in [0.29, 0.717) is 30.4 Å². The number of pyridine rings is 2. The van der Waals surface area contributed by atoms with Crippen molar-refractivity contribution in [2.45, 2.75) is 58.3 Å². The molecule has 1 unspecified atom stereocenters. The van der Waals surface area contributed by atoms with Crippen LogP contribution in [0.2, 0.25) is 0 Å². The van der Waals surface area contributed by atoms with Crippen LogP contribution < -0.4 is 10.1 Å². The molecule has 1 aliphatic carbocycles. The van der Waals surface area contributed by atoms with Crippen molar-refractivity contribution in [1.82, 2.24) is 24.6 Å². The fourth-order valence-electron chi connectivity index (χ4n) is 6.31. The maximum atomic E-state index is 12.2. The van der Waals surface area contributed by atoms with Crippen LogP contribution in [0.5, 0.6) is 5.88 Å². The van der Waals surface area contributed by atoms with Gasteiger partial charge in [0.1, 0.15) is 11.9 Å². The predicted octanol–water partition coefficient (Wildman–Crippen LogP) is 4.49. The summed E-state index contributed by atoms with van der Waals surface area (Å²) in [5.41, 5.74) is 8.34. The number of nitrogens with zero attached hydrogens (tertiary/aromatic N) is 5. The van der Waals surface area contributed by atoms with Gasteiger partial charge in [0, 0.05) is 18.7 Å². The molecule has 2 atom stereocenters. The van der Waals surface area contributed by atoms with Crippen LogP contribution in [0.25, 0.3) is 22.6 Å². The second-order valence-corrected chi connectivity index (χ2v) is 11.2. The molecule has 0 saturated heterocycles. The van der Waals surface area contributed by atoms with Gasteiger partial charge in [0.05, 0.1) is 42.9 Å². The monoisotopic (exact) mass is 594 g/mol. The van der Waals surface area contributed by atoms with E-state index in [1.807, 2.05) is 24.3 Å². The normalized spacial score (nSPS) is 16.8. The Morgan fingerprint density at radius 3 is 2.68 bits per heavy atom. The third-order valence-electron chi connectivity index (χ3n) is 8.49. The van der Waals surface area contributed by atoms with E-state index < -0.39 is 6.10 Å². The Labute approximate surface area is 257 Å². The summed E-state index contributed by atoms with van der Waals surface area (Å²) in [6.07, 6.45) is 6.12. The van der Waals surface area contributed by atoms with Crippen LogP contribution in [0.3, 0.4) is 0 Å². The minimum Gasteiger partial charge on any atom is -0.481 e. The Morgan fingerprint density at radius 1 is 1.11 bits per heavy atom. The number of hydrogen-bond donors (Lipinski definition) is 3. The lowest BCUT2D eigenvalue weighted by molar-refractivity contribution is -0.138. The zero-order valence-corrected chi connectivity index (χ0v) is 25.3. The largest absolute Gasteiger partial charge is 0.481 e. The molecule has 4 aromatic rings. The summed E-state index contributed by atoms with van der Waals surface area (Å²) >= 11 is 0. The number of ether oxygens (including phenoxy) is 1. The van der Waals surface area contributed by atoms with Crippen molar-refractivity contribution >= 4 is 17.3 Å². The van der Waals surface area contributed by atoms with Crippen molar-refractivity contribution in [2.24, 2.45) is 0 Å². The Kier molecular flexibility index (Phi) is 8.45. The van der Waals surface area contributed by atoms with Crippen molar-refractivity contribution in [3.8, 4) is 23.0 Å². The molecule has 2 aliphatic rings. The van der Waals surface area contributed by atoms with E-state index >= 15 is 0 Å². The van der Waals surface area contributed by atoms with E-state index in [-0.39, 0.29) is 18.6 Å². The fourth-order valence-corrected chi connectivity index (χ4v) is 6.31. The van der Waals surface area contributed by atoms with Crippen LogP contribution >= 0.6 is 0 Å². The summed E-state index contributed by atoms with van der Waals surface area (Å²) in [6, 6.07) is 16.5. The third kappa shape index (κ3) is 5.58. The fraction of sp³-hybridized carbons (Fsp3) is 0.353. The summed E-state index contributed by atoms with van der Waals surface area (Å²) < 4.78 is 7.12. The molecule has 44 heavy (non-hydrogen) atoms. The predicted molar refractivity (Wildman–Crippen MR) is 168 cm³/mol. The van der Waals surface area contributed by atoms with Gasteiger partial charge in [-0.2, -0.15) is 9.78 Å². The van der Waals surface area contributed by atoms with E-state index in [1.165, 1.54) is 23.6 Å². The van der Waals surface area contributed by atoms with Gasteiger partial charge >= 0.3 is 0 Å². The highest BCUT2D eigenvalue weighted by molar-refractivity contribution is 5.82. The summed E-state index contributed by atoms with van der Waals surface area (Å²) in [7, 11) is 1.56. The summed E-state index contributed by atoms with van der Waals surface area (Å²) in [6.45, 7) is 4.54. The van der Waals surface area contributed by atoms with Crippen LogP contribution in [-0.2, 0) is 24.2 Å². The lowest BCUT2D eigenvalue weighted by Crippen LogP contribution is -2.40. The number of aryl methyl sites for hydroxylation is 2. The number of benzene rings is 1. The zero-order chi connectivity index (χ0) is 30.8. The number of aromatic nitrogens is 4. The van der Waals surface area contributed by atoms with E-state index in [1.54, 1.807) is 22.9 Å². The van der Waals surface area contributed by atoms with Crippen LogP contribution in [-0.4, -0.2) is 67.1 Å². The van der Waals surface area contributed by atoms with Crippen molar-refractivity contribution < 1.29 is 19.7 Å². The summed E-state index contributed by atoms with van der Waals surface area (Å²) in [5, 5.41) is 27.5. The van der Waals surface area contributed by atoms with Crippen LogP contribution in [0.1, 0.15) is 60.7 Å². The van der Waals surface area contributed by atoms with Gasteiger partial charge in [-0.3, -0.25) is 4.79 Å². The maximum absolute atomic E-state index is 12.2. The van der Waals surface area contributed by atoms with Gasteiger partial charge in [-0.1, -0.05) is 37.3 Å². The van der Waals surface area contributed by atoms with E-state index in [2.05, 4.69) is 47.7 Å². The number of rotatable bonds is 9. The van der Waals surface area contributed by atoms with Crippen LogP contribution in [0.4, 0.5) is 5.82 Å². The molecule has 0 bridgehead atoms. The zero-order valence-electron chi connectivity index (χ0n) is 25.3. The first-order chi connectivity index (χ1) is 21.4. The molecule has 10 nitrogen and oxygen atoms in total. The smallest absolute Gasteiger partial charge is 0.251 e. The van der Waals surface area contributed by atoms with Gasteiger partial charge in [0.25, 0.3) is 5.91 Å². The van der Waals surface area contributed by atoms with E-state index in [0.717, 1.165) is 54.0 Å². The summed E-state index contributed by atoms with van der Waals surface area (Å²) in [5.74, 6) is 1.68. The first-order valence-corrected chi connectivity index (χ1v) is 15.2. The molecule has 0 saturated carbocycles. The Morgan fingerprint density at radius 2 is 1.95 bits per heavy atom. The molecule has 3 N–H and O–H groups in total. The molecule has 0 fully saturated rings. The lowest BCUT2D eigenvalue weighted by atomic mass is 9.96. The second kappa shape index (κ2) is 12.6. The number of carbonyl (C=O) groups excluding carboxylic acids is 1. The Balaban J connectivity index is 1.26. The number of aliphatic hydroxyl groups is 2. The first kappa shape index (κ1) is 29.5.